The van der Waals surface area contributed by atoms with E-state index in [9.17, 15) is 19.1 Å². The lowest BCUT2D eigenvalue weighted by molar-refractivity contribution is 0.0111. The van der Waals surface area contributed by atoms with Gasteiger partial charge in [0.25, 0.3) is 0 Å². The SMILES string of the molecule is CCN(c1scc(C(=O)O)c1C)C1CCN(C(=O)OC(C)(C)C)CC1F. The number of thiophene rings is 1. The molecule has 1 amide bonds. The maximum atomic E-state index is 14.9. The highest BCUT2D eigenvalue weighted by molar-refractivity contribution is 7.14. The van der Waals surface area contributed by atoms with Gasteiger partial charge in [0.15, 0.2) is 0 Å². The molecule has 0 aromatic carbocycles. The molecule has 1 aromatic rings. The summed E-state index contributed by atoms with van der Waals surface area (Å²) in [7, 11) is 0. The Morgan fingerprint density at radius 1 is 1.46 bits per heavy atom. The number of halogens is 1. The van der Waals surface area contributed by atoms with Crippen LogP contribution in [0.15, 0.2) is 5.38 Å². The van der Waals surface area contributed by atoms with Crippen LogP contribution < -0.4 is 4.90 Å². The summed E-state index contributed by atoms with van der Waals surface area (Å²) in [6, 6.07) is -0.391. The van der Waals surface area contributed by atoms with Crippen molar-refractivity contribution in [3.05, 3.63) is 16.5 Å². The van der Waals surface area contributed by atoms with E-state index in [1.807, 2.05) is 11.8 Å². The zero-order chi connectivity index (χ0) is 19.6. The summed E-state index contributed by atoms with van der Waals surface area (Å²) in [6.07, 6.45) is -1.26. The number of carbonyl (C=O) groups is 2. The monoisotopic (exact) mass is 386 g/mol. The fourth-order valence-corrected chi connectivity index (χ4v) is 4.36. The van der Waals surface area contributed by atoms with E-state index in [2.05, 4.69) is 0 Å². The molecular formula is C18H27FN2O4S. The minimum absolute atomic E-state index is 0.0215. The number of hydrogen-bond donors (Lipinski definition) is 1. The molecule has 0 aliphatic carbocycles. The molecule has 1 aliphatic heterocycles. The first-order valence-corrected chi connectivity index (χ1v) is 9.63. The summed E-state index contributed by atoms with van der Waals surface area (Å²) in [6.45, 7) is 9.97. The molecule has 2 heterocycles. The Balaban J connectivity index is 2.12. The van der Waals surface area contributed by atoms with Gasteiger partial charge in [-0.05, 0) is 46.6 Å². The zero-order valence-electron chi connectivity index (χ0n) is 15.9. The Bertz CT molecular complexity index is 671. The van der Waals surface area contributed by atoms with Gasteiger partial charge in [0.2, 0.25) is 0 Å². The van der Waals surface area contributed by atoms with Crippen LogP contribution >= 0.6 is 11.3 Å². The minimum atomic E-state index is -1.23. The van der Waals surface area contributed by atoms with Crippen molar-refractivity contribution in [1.29, 1.82) is 0 Å². The maximum absolute atomic E-state index is 14.9. The molecule has 1 aliphatic rings. The van der Waals surface area contributed by atoms with Gasteiger partial charge in [-0.25, -0.2) is 14.0 Å². The van der Waals surface area contributed by atoms with Crippen LogP contribution in [0.4, 0.5) is 14.2 Å². The van der Waals surface area contributed by atoms with Crippen molar-refractivity contribution in [3.8, 4) is 0 Å². The van der Waals surface area contributed by atoms with Crippen molar-refractivity contribution in [2.75, 3.05) is 24.5 Å². The highest BCUT2D eigenvalue weighted by Crippen LogP contribution is 2.35. The molecule has 1 aromatic heterocycles. The van der Waals surface area contributed by atoms with Gasteiger partial charge >= 0.3 is 12.1 Å². The van der Waals surface area contributed by atoms with Crippen LogP contribution in [-0.2, 0) is 4.74 Å². The molecule has 1 fully saturated rings. The van der Waals surface area contributed by atoms with Gasteiger partial charge in [-0.3, -0.25) is 0 Å². The number of nitrogens with zero attached hydrogens (tertiary/aromatic N) is 2. The van der Waals surface area contributed by atoms with Crippen LogP contribution in [0.2, 0.25) is 0 Å². The van der Waals surface area contributed by atoms with Gasteiger partial charge in [-0.1, -0.05) is 0 Å². The van der Waals surface area contributed by atoms with Crippen LogP contribution in [0.1, 0.15) is 50.0 Å². The fraction of sp³-hybridized carbons (Fsp3) is 0.667. The van der Waals surface area contributed by atoms with E-state index in [1.165, 1.54) is 16.2 Å². The average Bonchev–Trinajstić information content (AvgIpc) is 2.90. The molecule has 8 heteroatoms. The maximum Gasteiger partial charge on any atom is 0.410 e. The van der Waals surface area contributed by atoms with Crippen molar-refractivity contribution in [2.24, 2.45) is 0 Å². The highest BCUT2D eigenvalue weighted by atomic mass is 32.1. The number of likely N-dealkylation sites (tertiary alicyclic amines) is 1. The first kappa shape index (κ1) is 20.5. The smallest absolute Gasteiger partial charge is 0.410 e. The number of carbonyl (C=O) groups excluding carboxylic acids is 1. The number of anilines is 1. The summed E-state index contributed by atoms with van der Waals surface area (Å²) < 4.78 is 20.2. The summed E-state index contributed by atoms with van der Waals surface area (Å²) in [5.74, 6) is -0.974. The third-order valence-corrected chi connectivity index (χ3v) is 5.52. The molecule has 0 bridgehead atoms. The zero-order valence-corrected chi connectivity index (χ0v) is 16.7. The molecule has 146 valence electrons. The number of rotatable bonds is 4. The number of piperidine rings is 1. The van der Waals surface area contributed by atoms with Gasteiger partial charge in [0.1, 0.15) is 11.8 Å². The molecule has 0 saturated carbocycles. The molecule has 0 radical (unpaired) electrons. The number of amides is 1. The predicted octanol–water partition coefficient (Wildman–Crippen LogP) is 3.93. The Morgan fingerprint density at radius 2 is 2.12 bits per heavy atom. The summed E-state index contributed by atoms with van der Waals surface area (Å²) >= 11 is 1.32. The lowest BCUT2D eigenvalue weighted by Gasteiger charge is -2.41. The van der Waals surface area contributed by atoms with Crippen molar-refractivity contribution in [2.45, 2.75) is 58.9 Å². The van der Waals surface area contributed by atoms with Crippen LogP contribution in [0.5, 0.6) is 0 Å². The number of hydrogen-bond acceptors (Lipinski definition) is 5. The second kappa shape index (κ2) is 7.82. The third kappa shape index (κ3) is 4.47. The first-order chi connectivity index (χ1) is 12.0. The topological polar surface area (TPSA) is 70.1 Å². The molecular weight excluding hydrogens is 359 g/mol. The number of ether oxygens (including phenoxy) is 1. The fourth-order valence-electron chi connectivity index (χ4n) is 3.17. The average molecular weight is 386 g/mol. The largest absolute Gasteiger partial charge is 0.478 e. The van der Waals surface area contributed by atoms with E-state index in [0.29, 0.717) is 25.1 Å². The van der Waals surface area contributed by atoms with E-state index < -0.39 is 29.9 Å². The lowest BCUT2D eigenvalue weighted by Crippen LogP contribution is -2.54. The van der Waals surface area contributed by atoms with Crippen molar-refractivity contribution in [1.82, 2.24) is 4.90 Å². The number of aromatic carboxylic acids is 1. The van der Waals surface area contributed by atoms with Crippen molar-refractivity contribution in [3.63, 3.8) is 0 Å². The van der Waals surface area contributed by atoms with E-state index in [4.69, 9.17) is 4.74 Å². The lowest BCUT2D eigenvalue weighted by atomic mass is 10.0. The Morgan fingerprint density at radius 3 is 2.58 bits per heavy atom. The number of alkyl halides is 1. The normalized spacial score (nSPS) is 20.8. The number of carboxylic acid groups (broad SMARTS) is 1. The van der Waals surface area contributed by atoms with E-state index in [1.54, 1.807) is 33.1 Å². The van der Waals surface area contributed by atoms with Gasteiger partial charge in [-0.2, -0.15) is 0 Å². The van der Waals surface area contributed by atoms with E-state index >= 15 is 0 Å². The second-order valence-corrected chi connectivity index (χ2v) is 8.33. The standard InChI is InChI=1S/C18H27FN2O4S/c1-6-21(15-11(2)12(10-26-15)16(22)23)14-7-8-20(9-13(14)19)17(24)25-18(3,4)5/h10,13-14H,6-9H2,1-5H3,(H,22,23). The van der Waals surface area contributed by atoms with Crippen LogP contribution in [0.3, 0.4) is 0 Å². The Kier molecular flexibility index (Phi) is 6.16. The van der Waals surface area contributed by atoms with Gasteiger partial charge < -0.3 is 19.6 Å². The Labute approximate surface area is 157 Å². The third-order valence-electron chi connectivity index (χ3n) is 4.40. The molecule has 26 heavy (non-hydrogen) atoms. The predicted molar refractivity (Wildman–Crippen MR) is 100 cm³/mol. The Hall–Kier alpha value is -1.83. The second-order valence-electron chi connectivity index (χ2n) is 7.47. The van der Waals surface area contributed by atoms with E-state index in [-0.39, 0.29) is 12.1 Å². The first-order valence-electron chi connectivity index (χ1n) is 8.75. The van der Waals surface area contributed by atoms with Gasteiger partial charge in [-0.15, -0.1) is 11.3 Å². The minimum Gasteiger partial charge on any atom is -0.478 e. The molecule has 2 unspecified atom stereocenters. The van der Waals surface area contributed by atoms with Gasteiger partial charge in [0.05, 0.1) is 23.2 Å². The van der Waals surface area contributed by atoms with Crippen molar-refractivity contribution >= 4 is 28.4 Å². The molecule has 6 nitrogen and oxygen atoms in total. The van der Waals surface area contributed by atoms with E-state index in [0.717, 1.165) is 5.00 Å². The van der Waals surface area contributed by atoms with Crippen molar-refractivity contribution < 1.29 is 23.8 Å². The molecule has 0 spiro atoms. The summed E-state index contributed by atoms with van der Waals surface area (Å²) in [5, 5.41) is 11.6. The molecule has 1 saturated heterocycles. The quantitative estimate of drug-likeness (QED) is 0.849. The molecule has 2 atom stereocenters. The molecule has 2 rings (SSSR count). The summed E-state index contributed by atoms with van der Waals surface area (Å²) in [4.78, 5) is 26.8. The number of carboxylic acids is 1. The highest BCUT2D eigenvalue weighted by Gasteiger charge is 2.37. The van der Waals surface area contributed by atoms with Gasteiger partial charge in [0, 0.05) is 18.5 Å². The van der Waals surface area contributed by atoms with Crippen LogP contribution in [-0.4, -0.2) is 59.5 Å². The molecule has 1 N–H and O–H groups in total. The van der Waals surface area contributed by atoms with Crippen LogP contribution in [0.25, 0.3) is 0 Å². The van der Waals surface area contributed by atoms with Crippen LogP contribution in [0, 0.1) is 6.92 Å². The summed E-state index contributed by atoms with van der Waals surface area (Å²) in [5.41, 5.74) is 0.299.